The Balaban J connectivity index is 0.000000209. The molecule has 0 atom stereocenters. The number of fused-ring (bicyclic) bond motifs is 3. The van der Waals surface area contributed by atoms with Crippen LogP contribution in [0.4, 0.5) is 0 Å². The molecular weight excluding hydrogens is 662 g/mol. The van der Waals surface area contributed by atoms with E-state index in [1.54, 1.807) is 0 Å². The summed E-state index contributed by atoms with van der Waals surface area (Å²) in [6.45, 7) is 3.91. The third kappa shape index (κ3) is 8.76. The Morgan fingerprint density at radius 2 is 1.41 bits per heavy atom. The van der Waals surface area contributed by atoms with Gasteiger partial charge in [0.15, 0.2) is 0 Å². The van der Waals surface area contributed by atoms with Crippen LogP contribution < -0.4 is 0 Å². The van der Waals surface area contributed by atoms with Crippen LogP contribution in [0.3, 0.4) is 0 Å². The highest BCUT2D eigenvalue weighted by Crippen LogP contribution is 2.44. The lowest BCUT2D eigenvalue weighted by Crippen LogP contribution is -2.44. The molecule has 37 heavy (non-hydrogen) atoms. The molecule has 1 aliphatic heterocycles. The maximum absolute atomic E-state index is 12.4. The molecule has 2 aromatic rings. The van der Waals surface area contributed by atoms with E-state index in [-0.39, 0.29) is 17.8 Å². The van der Waals surface area contributed by atoms with E-state index in [1.807, 2.05) is 25.2 Å². The van der Waals surface area contributed by atoms with Crippen molar-refractivity contribution >= 4 is 79.0 Å². The first-order valence-electron chi connectivity index (χ1n) is 12.3. The van der Waals surface area contributed by atoms with Gasteiger partial charge < -0.3 is 9.80 Å². The van der Waals surface area contributed by atoms with Crippen molar-refractivity contribution in [2.75, 3.05) is 52.0 Å². The number of hydrogen-bond donors (Lipinski definition) is 0. The lowest BCUT2D eigenvalue weighted by atomic mass is 9.73. The van der Waals surface area contributed by atoms with Gasteiger partial charge in [-0.3, -0.25) is 9.59 Å². The van der Waals surface area contributed by atoms with Gasteiger partial charge in [0.2, 0.25) is 0 Å². The normalized spacial score (nSPS) is 17.4. The largest absolute Gasteiger partial charge is 0.306 e. The predicted molar refractivity (Wildman–Crippen MR) is 164 cm³/mol. The molecule has 9 heteroatoms. The molecular formula is C28H35Br2Cl3N2O2. The number of nitrogens with zero attached hydrogens (tertiary/aromatic N) is 2. The molecule has 0 bridgehead atoms. The van der Waals surface area contributed by atoms with Gasteiger partial charge in [-0.05, 0) is 86.5 Å². The third-order valence-electron chi connectivity index (χ3n) is 7.18. The molecule has 0 amide bonds. The average molecular weight is 698 g/mol. The lowest BCUT2D eigenvalue weighted by Gasteiger charge is -2.37. The van der Waals surface area contributed by atoms with Crippen LogP contribution >= 0.6 is 67.5 Å². The van der Waals surface area contributed by atoms with Gasteiger partial charge in [-0.25, -0.2) is 0 Å². The van der Waals surface area contributed by atoms with Crippen molar-refractivity contribution < 1.29 is 9.59 Å². The zero-order valence-electron chi connectivity index (χ0n) is 21.4. The number of carbonyl (C=O) groups excluding carboxylic acids is 2. The van der Waals surface area contributed by atoms with Crippen LogP contribution in [0.5, 0.6) is 0 Å². The van der Waals surface area contributed by atoms with Gasteiger partial charge in [-0.15, -0.1) is 35.6 Å². The highest BCUT2D eigenvalue weighted by atomic mass is 79.9. The van der Waals surface area contributed by atoms with E-state index in [4.69, 9.17) is 23.2 Å². The van der Waals surface area contributed by atoms with Gasteiger partial charge in [0.1, 0.15) is 11.6 Å². The summed E-state index contributed by atoms with van der Waals surface area (Å²) in [7, 11) is 4.14. The van der Waals surface area contributed by atoms with E-state index >= 15 is 0 Å². The Hall–Kier alpha value is -0.470. The number of alkyl halides is 2. The molecule has 0 aromatic heterocycles. The monoisotopic (exact) mass is 694 g/mol. The second-order valence-corrected chi connectivity index (χ2v) is 12.4. The Morgan fingerprint density at radius 1 is 0.865 bits per heavy atom. The summed E-state index contributed by atoms with van der Waals surface area (Å²) in [4.78, 5) is 27.8. The van der Waals surface area contributed by atoms with E-state index in [9.17, 15) is 9.59 Å². The van der Waals surface area contributed by atoms with Gasteiger partial charge >= 0.3 is 0 Å². The number of carbonyl (C=O) groups is 2. The van der Waals surface area contributed by atoms with Crippen LogP contribution in [0.1, 0.15) is 35.1 Å². The summed E-state index contributed by atoms with van der Waals surface area (Å²) in [6, 6.07) is 12.4. The highest BCUT2D eigenvalue weighted by Gasteiger charge is 2.47. The molecule has 4 nitrogen and oxygen atoms in total. The zero-order chi connectivity index (χ0) is 26.3. The van der Waals surface area contributed by atoms with Crippen LogP contribution in [-0.2, 0) is 34.3 Å². The lowest BCUT2D eigenvalue weighted by molar-refractivity contribution is -0.124. The number of hydrogen-bond acceptors (Lipinski definition) is 4. The molecule has 0 N–H and O–H groups in total. The Labute approximate surface area is 254 Å². The first-order chi connectivity index (χ1) is 17.2. The summed E-state index contributed by atoms with van der Waals surface area (Å²) in [5, 5.41) is 0. The molecule has 1 fully saturated rings. The van der Waals surface area contributed by atoms with Gasteiger partial charge in [-0.1, -0.05) is 44.0 Å². The van der Waals surface area contributed by atoms with Gasteiger partial charge in [0, 0.05) is 53.1 Å². The van der Waals surface area contributed by atoms with Crippen molar-refractivity contribution in [2.45, 2.75) is 37.5 Å². The van der Waals surface area contributed by atoms with E-state index in [0.29, 0.717) is 42.6 Å². The first-order valence-corrected chi connectivity index (χ1v) is 14.9. The van der Waals surface area contributed by atoms with E-state index in [0.717, 1.165) is 48.0 Å². The minimum absolute atomic E-state index is 0. The molecule has 3 aliphatic rings. The Morgan fingerprint density at radius 3 is 2.00 bits per heavy atom. The SMILES string of the molecule is CN(CCCl)CCCl.CN1CCC2(CC1)C(=O)Cc1cc(Br)ccc12.Cl.O=C1Cc2ccc(Br)cc2C1. The summed E-state index contributed by atoms with van der Waals surface area (Å²) in [5.41, 5.74) is 4.73. The predicted octanol–water partition coefficient (Wildman–Crippen LogP) is 6.47. The van der Waals surface area contributed by atoms with E-state index < -0.39 is 0 Å². The quantitative estimate of drug-likeness (QED) is 0.344. The fraction of sp³-hybridized carbons (Fsp3) is 0.500. The van der Waals surface area contributed by atoms with Crippen molar-refractivity contribution in [1.29, 1.82) is 0 Å². The summed E-state index contributed by atoms with van der Waals surface area (Å²) in [5.74, 6) is 2.14. The Bertz CT molecular complexity index is 1070. The number of Topliss-reactive ketones (excluding diaryl/α,β-unsaturated/α-hetero) is 2. The van der Waals surface area contributed by atoms with Crippen LogP contribution in [0.15, 0.2) is 45.3 Å². The highest BCUT2D eigenvalue weighted by molar-refractivity contribution is 9.10. The van der Waals surface area contributed by atoms with Crippen molar-refractivity contribution in [1.82, 2.24) is 9.80 Å². The molecule has 1 heterocycles. The standard InChI is InChI=1S/C14H16BrNO.C9H7BrO.C5H11Cl2N.ClH/c1-16-6-4-14(5-7-16)12-3-2-11(15)8-10(12)9-13(14)17;10-8-2-1-6-4-9(11)5-7(6)3-8;1-8(4-2-6)5-3-7;/h2-3,8H,4-7,9H2,1H3;1-3H,4-5H2;2-5H2,1H3;1H. The van der Waals surface area contributed by atoms with Crippen molar-refractivity contribution in [3.8, 4) is 0 Å². The second kappa shape index (κ2) is 15.4. The molecule has 1 saturated heterocycles. The maximum Gasteiger partial charge on any atom is 0.147 e. The maximum atomic E-state index is 12.4. The molecule has 0 saturated carbocycles. The summed E-state index contributed by atoms with van der Waals surface area (Å²) in [6.07, 6.45) is 3.84. The molecule has 5 rings (SSSR count). The fourth-order valence-electron chi connectivity index (χ4n) is 5.04. The van der Waals surface area contributed by atoms with Gasteiger partial charge in [0.25, 0.3) is 0 Å². The van der Waals surface area contributed by atoms with Crippen LogP contribution in [-0.4, -0.2) is 73.4 Å². The van der Waals surface area contributed by atoms with Crippen LogP contribution in [0.25, 0.3) is 0 Å². The number of likely N-dealkylation sites (tertiary alicyclic amines) is 1. The molecule has 1 spiro atoms. The number of rotatable bonds is 4. The molecule has 2 aromatic carbocycles. The van der Waals surface area contributed by atoms with E-state index in [1.165, 1.54) is 22.3 Å². The summed E-state index contributed by atoms with van der Waals surface area (Å²) < 4.78 is 2.14. The Kier molecular flexibility index (Phi) is 13.6. The summed E-state index contributed by atoms with van der Waals surface area (Å²) >= 11 is 17.8. The van der Waals surface area contributed by atoms with Crippen molar-refractivity contribution in [3.63, 3.8) is 0 Å². The first kappa shape index (κ1) is 32.7. The smallest absolute Gasteiger partial charge is 0.147 e. The molecule has 2 aliphatic carbocycles. The van der Waals surface area contributed by atoms with E-state index in [2.05, 4.69) is 66.9 Å². The van der Waals surface area contributed by atoms with Gasteiger partial charge in [0.05, 0.1) is 5.41 Å². The number of piperidine rings is 1. The van der Waals surface area contributed by atoms with Crippen molar-refractivity contribution in [3.05, 3.63) is 67.6 Å². The molecule has 204 valence electrons. The van der Waals surface area contributed by atoms with Gasteiger partial charge in [-0.2, -0.15) is 0 Å². The zero-order valence-corrected chi connectivity index (χ0v) is 26.9. The van der Waals surface area contributed by atoms with Crippen LogP contribution in [0.2, 0.25) is 0 Å². The molecule has 0 unspecified atom stereocenters. The molecule has 0 radical (unpaired) electrons. The third-order valence-corrected chi connectivity index (χ3v) is 8.51. The van der Waals surface area contributed by atoms with Crippen LogP contribution in [0, 0.1) is 0 Å². The average Bonchev–Trinajstić information content (AvgIpc) is 3.32. The number of halogens is 5. The number of ketones is 2. The van der Waals surface area contributed by atoms with Crippen molar-refractivity contribution in [2.24, 2.45) is 0 Å². The minimum atomic E-state index is -0.164. The minimum Gasteiger partial charge on any atom is -0.306 e. The second-order valence-electron chi connectivity index (χ2n) is 9.77. The topological polar surface area (TPSA) is 40.6 Å². The number of benzene rings is 2. The fourth-order valence-corrected chi connectivity index (χ4v) is 6.43.